The van der Waals surface area contributed by atoms with E-state index >= 15 is 0 Å². The van der Waals surface area contributed by atoms with Gasteiger partial charge in [0, 0.05) is 32.7 Å². The summed E-state index contributed by atoms with van der Waals surface area (Å²) in [6.45, 7) is 3.63. The van der Waals surface area contributed by atoms with Crippen molar-refractivity contribution < 1.29 is 14.3 Å². The molecule has 17 heavy (non-hydrogen) atoms. The topological polar surface area (TPSA) is 61.9 Å². The van der Waals surface area contributed by atoms with Crippen LogP contribution in [-0.2, 0) is 9.53 Å². The number of nitrogens with zero attached hydrogens (tertiary/aromatic N) is 2. The molecule has 0 saturated carbocycles. The first-order valence-corrected chi connectivity index (χ1v) is 6.52. The van der Waals surface area contributed by atoms with Crippen molar-refractivity contribution in [3.63, 3.8) is 0 Å². The molecule has 0 bridgehead atoms. The fourth-order valence-electron chi connectivity index (χ4n) is 2.26. The van der Waals surface area contributed by atoms with Gasteiger partial charge in [0.2, 0.25) is 0 Å². The number of carbonyl (C=O) groups is 2. The predicted octanol–water partition coefficient (Wildman–Crippen LogP) is -0.368. The highest BCUT2D eigenvalue weighted by molar-refractivity contribution is 9.10. The van der Waals surface area contributed by atoms with E-state index in [4.69, 9.17) is 0 Å². The van der Waals surface area contributed by atoms with Gasteiger partial charge < -0.3 is 15.0 Å². The number of rotatable bonds is 3. The Morgan fingerprint density at radius 3 is 3.12 bits per heavy atom. The Labute approximate surface area is 108 Å². The summed E-state index contributed by atoms with van der Waals surface area (Å²) in [6.07, 6.45) is 0. The van der Waals surface area contributed by atoms with E-state index in [0.29, 0.717) is 13.1 Å². The van der Waals surface area contributed by atoms with Crippen molar-refractivity contribution in [1.29, 1.82) is 0 Å². The molecule has 2 atom stereocenters. The number of alkyl halides is 1. The van der Waals surface area contributed by atoms with Crippen LogP contribution in [0.3, 0.4) is 0 Å². The van der Waals surface area contributed by atoms with Gasteiger partial charge in [0.1, 0.15) is 4.83 Å². The number of carbonyl (C=O) groups excluding carboxylic acids is 2. The van der Waals surface area contributed by atoms with E-state index in [1.807, 2.05) is 4.90 Å². The highest BCUT2D eigenvalue weighted by atomic mass is 79.9. The molecule has 2 saturated heterocycles. The second kappa shape index (κ2) is 5.22. The Balaban J connectivity index is 1.85. The van der Waals surface area contributed by atoms with E-state index in [9.17, 15) is 9.59 Å². The van der Waals surface area contributed by atoms with Crippen LogP contribution in [0.25, 0.3) is 0 Å². The van der Waals surface area contributed by atoms with Crippen molar-refractivity contribution in [2.45, 2.75) is 10.9 Å². The van der Waals surface area contributed by atoms with Gasteiger partial charge in [-0.1, -0.05) is 15.9 Å². The van der Waals surface area contributed by atoms with Crippen molar-refractivity contribution >= 4 is 27.9 Å². The third-order valence-electron chi connectivity index (χ3n) is 3.19. The lowest BCUT2D eigenvalue weighted by Crippen LogP contribution is -2.53. The summed E-state index contributed by atoms with van der Waals surface area (Å²) < 4.78 is 4.67. The van der Waals surface area contributed by atoms with Crippen LogP contribution in [0, 0.1) is 0 Å². The molecular weight excluding hydrogens is 290 g/mol. The number of halogens is 1. The van der Waals surface area contributed by atoms with Crippen molar-refractivity contribution in [3.05, 3.63) is 0 Å². The predicted molar refractivity (Wildman–Crippen MR) is 65.1 cm³/mol. The molecule has 2 heterocycles. The van der Waals surface area contributed by atoms with E-state index in [2.05, 4.69) is 30.9 Å². The normalized spacial score (nSPS) is 26.4. The van der Waals surface area contributed by atoms with Gasteiger partial charge in [0.05, 0.1) is 13.2 Å². The average molecular weight is 306 g/mol. The number of hydrogen-bond donors (Lipinski definition) is 1. The molecular formula is C10H16BrN3O3. The zero-order chi connectivity index (χ0) is 12.4. The first kappa shape index (κ1) is 12.6. The molecule has 1 N–H and O–H groups in total. The Kier molecular flexibility index (Phi) is 3.88. The summed E-state index contributed by atoms with van der Waals surface area (Å²) in [4.78, 5) is 26.4. The maximum atomic E-state index is 11.4. The van der Waals surface area contributed by atoms with Gasteiger partial charge in [0.15, 0.2) is 0 Å². The summed E-state index contributed by atoms with van der Waals surface area (Å²) in [5.74, 6) is -0.256. The maximum absolute atomic E-state index is 11.4. The second-order valence-electron chi connectivity index (χ2n) is 4.28. The molecule has 0 radical (unpaired) electrons. The minimum atomic E-state index is -0.302. The number of esters is 1. The Morgan fingerprint density at radius 1 is 1.65 bits per heavy atom. The Bertz CT molecular complexity index is 326. The zero-order valence-electron chi connectivity index (χ0n) is 9.69. The molecule has 0 aromatic rings. The summed E-state index contributed by atoms with van der Waals surface area (Å²) in [5.41, 5.74) is 0. The summed E-state index contributed by atoms with van der Waals surface area (Å²) in [6, 6.07) is 0.256. The lowest BCUT2D eigenvalue weighted by Gasteiger charge is -2.36. The SMILES string of the molecule is COC(=O)C(Br)CN1CCN2C(=O)NCC2C1. The molecule has 2 fully saturated rings. The van der Waals surface area contributed by atoms with Crippen LogP contribution in [0.1, 0.15) is 0 Å². The van der Waals surface area contributed by atoms with Gasteiger partial charge in [-0.15, -0.1) is 0 Å². The molecule has 6 nitrogen and oxygen atoms in total. The van der Waals surface area contributed by atoms with Crippen molar-refractivity contribution in [2.24, 2.45) is 0 Å². The number of hydrogen-bond acceptors (Lipinski definition) is 4. The first-order chi connectivity index (χ1) is 8.11. The summed E-state index contributed by atoms with van der Waals surface area (Å²) in [5, 5.41) is 2.83. The van der Waals surface area contributed by atoms with Gasteiger partial charge in [0.25, 0.3) is 0 Å². The molecule has 2 rings (SSSR count). The number of nitrogens with one attached hydrogen (secondary N) is 1. The number of fused-ring (bicyclic) bond motifs is 1. The van der Waals surface area contributed by atoms with Crippen molar-refractivity contribution in [3.8, 4) is 0 Å². The minimum absolute atomic E-state index is 0.0259. The fraction of sp³-hybridized carbons (Fsp3) is 0.800. The van der Waals surface area contributed by atoms with Gasteiger partial charge >= 0.3 is 12.0 Å². The molecule has 0 aromatic heterocycles. The van der Waals surface area contributed by atoms with Crippen LogP contribution in [0.15, 0.2) is 0 Å². The van der Waals surface area contributed by atoms with E-state index in [1.165, 1.54) is 7.11 Å². The molecule has 2 aliphatic rings. The van der Waals surface area contributed by atoms with E-state index in [1.54, 1.807) is 0 Å². The molecule has 7 heteroatoms. The highest BCUT2D eigenvalue weighted by Crippen LogP contribution is 2.15. The maximum Gasteiger partial charge on any atom is 0.320 e. The molecule has 2 aliphatic heterocycles. The molecule has 0 spiro atoms. The van der Waals surface area contributed by atoms with Crippen LogP contribution in [0.2, 0.25) is 0 Å². The molecule has 2 unspecified atom stereocenters. The monoisotopic (exact) mass is 305 g/mol. The number of piperazine rings is 1. The largest absolute Gasteiger partial charge is 0.468 e. The third-order valence-corrected chi connectivity index (χ3v) is 3.86. The molecule has 0 aromatic carbocycles. The van der Waals surface area contributed by atoms with Crippen LogP contribution < -0.4 is 5.32 Å². The summed E-state index contributed by atoms with van der Waals surface area (Å²) >= 11 is 3.31. The molecule has 2 amide bonds. The quantitative estimate of drug-likeness (QED) is 0.571. The van der Waals surface area contributed by atoms with E-state index < -0.39 is 0 Å². The van der Waals surface area contributed by atoms with Gasteiger partial charge in [-0.05, 0) is 0 Å². The lowest BCUT2D eigenvalue weighted by atomic mass is 10.2. The molecule has 0 aliphatic carbocycles. The van der Waals surface area contributed by atoms with E-state index in [-0.39, 0.29) is 22.9 Å². The number of urea groups is 1. The number of ether oxygens (including phenoxy) is 1. The van der Waals surface area contributed by atoms with Crippen LogP contribution in [-0.4, -0.2) is 72.5 Å². The number of methoxy groups -OCH3 is 1. The Morgan fingerprint density at radius 2 is 2.41 bits per heavy atom. The van der Waals surface area contributed by atoms with Crippen LogP contribution in [0.4, 0.5) is 4.79 Å². The minimum Gasteiger partial charge on any atom is -0.468 e. The zero-order valence-corrected chi connectivity index (χ0v) is 11.3. The Hall–Kier alpha value is -0.820. The van der Waals surface area contributed by atoms with E-state index in [0.717, 1.165) is 19.6 Å². The third kappa shape index (κ3) is 2.71. The summed E-state index contributed by atoms with van der Waals surface area (Å²) in [7, 11) is 1.38. The van der Waals surface area contributed by atoms with Gasteiger partial charge in [-0.2, -0.15) is 0 Å². The van der Waals surface area contributed by atoms with Crippen molar-refractivity contribution in [2.75, 3.05) is 39.8 Å². The fourth-order valence-corrected chi connectivity index (χ4v) is 2.86. The van der Waals surface area contributed by atoms with Gasteiger partial charge in [-0.25, -0.2) is 4.79 Å². The first-order valence-electron chi connectivity index (χ1n) is 5.60. The van der Waals surface area contributed by atoms with Crippen molar-refractivity contribution in [1.82, 2.24) is 15.1 Å². The average Bonchev–Trinajstić information content (AvgIpc) is 2.69. The van der Waals surface area contributed by atoms with Crippen LogP contribution in [0.5, 0.6) is 0 Å². The standard InChI is InChI=1S/C10H16BrN3O3/c1-17-9(15)8(11)6-13-2-3-14-7(5-13)4-12-10(14)16/h7-8H,2-6H2,1H3,(H,12,16). The van der Waals surface area contributed by atoms with Crippen LogP contribution >= 0.6 is 15.9 Å². The lowest BCUT2D eigenvalue weighted by molar-refractivity contribution is -0.140. The second-order valence-corrected chi connectivity index (χ2v) is 5.39. The number of amides is 2. The smallest absolute Gasteiger partial charge is 0.320 e. The van der Waals surface area contributed by atoms with Gasteiger partial charge in [-0.3, -0.25) is 9.69 Å². The molecule has 96 valence electrons. The highest BCUT2D eigenvalue weighted by Gasteiger charge is 2.36.